The van der Waals surface area contributed by atoms with Crippen molar-refractivity contribution in [1.29, 1.82) is 0 Å². The van der Waals surface area contributed by atoms with Gasteiger partial charge < -0.3 is 5.32 Å². The van der Waals surface area contributed by atoms with Crippen molar-refractivity contribution in [3.05, 3.63) is 48.0 Å². The predicted molar refractivity (Wildman–Crippen MR) is 83.9 cm³/mol. The molecule has 9 heteroatoms. The molecule has 0 unspecified atom stereocenters. The lowest BCUT2D eigenvalue weighted by atomic mass is 10.1. The molecule has 0 saturated carbocycles. The molecule has 0 fully saturated rings. The van der Waals surface area contributed by atoms with E-state index in [2.05, 4.69) is 10.4 Å². The average molecular weight is 352 g/mol. The van der Waals surface area contributed by atoms with Gasteiger partial charge in [-0.3, -0.25) is 9.48 Å². The number of amides is 1. The third-order valence-electron chi connectivity index (χ3n) is 4.01. The zero-order valence-electron chi connectivity index (χ0n) is 13.0. The highest BCUT2D eigenvalue weighted by atomic mass is 32.2. The van der Waals surface area contributed by atoms with E-state index in [9.17, 15) is 17.6 Å². The highest BCUT2D eigenvalue weighted by molar-refractivity contribution is 7.89. The number of aromatic nitrogens is 2. The molecule has 2 heterocycles. The van der Waals surface area contributed by atoms with E-state index < -0.39 is 21.9 Å². The highest BCUT2D eigenvalue weighted by Gasteiger charge is 2.35. The SMILES string of the molecule is CNC(=O)C[C@H]1CN(S(=O)(=O)c2ccccc2F)Cc2ccnn21. The molecule has 0 radical (unpaired) electrons. The number of nitrogens with one attached hydrogen (secondary N) is 1. The van der Waals surface area contributed by atoms with Crippen LogP contribution in [-0.4, -0.2) is 42.0 Å². The van der Waals surface area contributed by atoms with Gasteiger partial charge in [-0.15, -0.1) is 0 Å². The monoisotopic (exact) mass is 352 g/mol. The summed E-state index contributed by atoms with van der Waals surface area (Å²) in [7, 11) is -2.49. The topological polar surface area (TPSA) is 84.3 Å². The number of sulfonamides is 1. The molecule has 2 aromatic rings. The number of carbonyl (C=O) groups excluding carboxylic acids is 1. The zero-order valence-corrected chi connectivity index (χ0v) is 13.8. The molecule has 0 bridgehead atoms. The minimum atomic E-state index is -4.00. The van der Waals surface area contributed by atoms with E-state index in [1.807, 2.05) is 0 Å². The summed E-state index contributed by atoms with van der Waals surface area (Å²) in [6.45, 7) is 0.139. The van der Waals surface area contributed by atoms with Crippen molar-refractivity contribution in [3.63, 3.8) is 0 Å². The first kappa shape index (κ1) is 16.6. The Balaban J connectivity index is 1.96. The minimum Gasteiger partial charge on any atom is -0.359 e. The van der Waals surface area contributed by atoms with Crippen LogP contribution in [0.5, 0.6) is 0 Å². The van der Waals surface area contributed by atoms with Crippen LogP contribution in [0.2, 0.25) is 0 Å². The van der Waals surface area contributed by atoms with Gasteiger partial charge in [0.05, 0.1) is 24.7 Å². The van der Waals surface area contributed by atoms with Crippen molar-refractivity contribution >= 4 is 15.9 Å². The molecule has 1 amide bonds. The molecule has 3 rings (SSSR count). The van der Waals surface area contributed by atoms with Gasteiger partial charge in [0.2, 0.25) is 15.9 Å². The van der Waals surface area contributed by atoms with Crippen LogP contribution in [0.4, 0.5) is 4.39 Å². The van der Waals surface area contributed by atoms with E-state index in [1.54, 1.807) is 16.9 Å². The average Bonchev–Trinajstić information content (AvgIpc) is 3.03. The Bertz CT molecular complexity index is 865. The van der Waals surface area contributed by atoms with Crippen molar-refractivity contribution < 1.29 is 17.6 Å². The Labute approximate surface area is 139 Å². The number of nitrogens with zero attached hydrogens (tertiary/aromatic N) is 3. The molecule has 128 valence electrons. The van der Waals surface area contributed by atoms with E-state index in [4.69, 9.17) is 0 Å². The number of hydrogen-bond donors (Lipinski definition) is 1. The molecule has 1 aromatic heterocycles. The Kier molecular flexibility index (Phi) is 4.37. The number of halogens is 1. The second-order valence-electron chi connectivity index (χ2n) is 5.53. The number of benzene rings is 1. The van der Waals surface area contributed by atoms with E-state index >= 15 is 0 Å². The molecule has 1 aromatic carbocycles. The van der Waals surface area contributed by atoms with Crippen LogP contribution >= 0.6 is 0 Å². The second-order valence-corrected chi connectivity index (χ2v) is 7.43. The highest BCUT2D eigenvalue weighted by Crippen LogP contribution is 2.28. The summed E-state index contributed by atoms with van der Waals surface area (Å²) in [5.74, 6) is -1.01. The van der Waals surface area contributed by atoms with Crippen LogP contribution in [0.3, 0.4) is 0 Å². The molecule has 24 heavy (non-hydrogen) atoms. The predicted octanol–water partition coefficient (Wildman–Crippen LogP) is 0.904. The molecule has 1 aliphatic heterocycles. The van der Waals surface area contributed by atoms with Gasteiger partial charge in [-0.05, 0) is 18.2 Å². The fraction of sp³-hybridized carbons (Fsp3) is 0.333. The van der Waals surface area contributed by atoms with Gasteiger partial charge >= 0.3 is 0 Å². The molecule has 1 aliphatic rings. The molecule has 1 N–H and O–H groups in total. The van der Waals surface area contributed by atoms with Crippen LogP contribution in [0, 0.1) is 5.82 Å². The first-order chi connectivity index (χ1) is 11.4. The molecular formula is C15H17FN4O3S. The normalized spacial score (nSPS) is 18.2. The largest absolute Gasteiger partial charge is 0.359 e. The van der Waals surface area contributed by atoms with E-state index in [0.29, 0.717) is 5.69 Å². The van der Waals surface area contributed by atoms with Gasteiger partial charge in [-0.1, -0.05) is 12.1 Å². The van der Waals surface area contributed by atoms with Crippen LogP contribution in [0.15, 0.2) is 41.4 Å². The standard InChI is InChI=1S/C15H17FN4O3S/c1-17-15(21)8-12-10-19(9-11-6-7-18-20(11)12)24(22,23)14-5-3-2-4-13(14)16/h2-7,12H,8-10H2,1H3,(H,17,21)/t12-/m0/s1. The van der Waals surface area contributed by atoms with Crippen LogP contribution in [0.25, 0.3) is 0 Å². The lowest BCUT2D eigenvalue weighted by Gasteiger charge is -2.32. The van der Waals surface area contributed by atoms with Crippen LogP contribution in [0.1, 0.15) is 18.2 Å². The summed E-state index contributed by atoms with van der Waals surface area (Å²) in [6, 6.07) is 6.53. The Morgan fingerprint density at radius 2 is 2.12 bits per heavy atom. The van der Waals surface area contributed by atoms with E-state index in [0.717, 1.165) is 6.07 Å². The van der Waals surface area contributed by atoms with Crippen molar-refractivity contribution in [3.8, 4) is 0 Å². The fourth-order valence-corrected chi connectivity index (χ4v) is 4.31. The fourth-order valence-electron chi connectivity index (χ4n) is 2.80. The maximum absolute atomic E-state index is 14.0. The molecule has 0 saturated heterocycles. The van der Waals surface area contributed by atoms with Crippen molar-refractivity contribution in [2.45, 2.75) is 23.9 Å². The third kappa shape index (κ3) is 2.92. The number of hydrogen-bond acceptors (Lipinski definition) is 4. The summed E-state index contributed by atoms with van der Waals surface area (Å²) in [4.78, 5) is 11.3. The van der Waals surface area contributed by atoms with Gasteiger partial charge in [-0.25, -0.2) is 12.8 Å². The maximum atomic E-state index is 14.0. The Morgan fingerprint density at radius 1 is 1.38 bits per heavy atom. The first-order valence-corrected chi connectivity index (χ1v) is 8.85. The summed E-state index contributed by atoms with van der Waals surface area (Å²) < 4.78 is 42.4. The smallest absolute Gasteiger partial charge is 0.246 e. The van der Waals surface area contributed by atoms with Gasteiger partial charge in [0, 0.05) is 19.8 Å². The van der Waals surface area contributed by atoms with Gasteiger partial charge in [-0.2, -0.15) is 9.40 Å². The van der Waals surface area contributed by atoms with Gasteiger partial charge in [0.15, 0.2) is 0 Å². The van der Waals surface area contributed by atoms with Gasteiger partial charge in [0.25, 0.3) is 0 Å². The quantitative estimate of drug-likeness (QED) is 0.886. The molecule has 0 spiro atoms. The number of fused-ring (bicyclic) bond motifs is 1. The van der Waals surface area contributed by atoms with Crippen LogP contribution in [-0.2, 0) is 21.4 Å². The van der Waals surface area contributed by atoms with Gasteiger partial charge in [0.1, 0.15) is 10.7 Å². The van der Waals surface area contributed by atoms with Crippen molar-refractivity contribution in [1.82, 2.24) is 19.4 Å². The lowest BCUT2D eigenvalue weighted by Crippen LogP contribution is -2.42. The van der Waals surface area contributed by atoms with E-state index in [1.165, 1.54) is 29.6 Å². The minimum absolute atomic E-state index is 0.0543. The summed E-state index contributed by atoms with van der Waals surface area (Å²) >= 11 is 0. The van der Waals surface area contributed by atoms with E-state index in [-0.39, 0.29) is 30.3 Å². The van der Waals surface area contributed by atoms with Crippen molar-refractivity contribution in [2.75, 3.05) is 13.6 Å². The first-order valence-electron chi connectivity index (χ1n) is 7.41. The number of rotatable bonds is 4. The Morgan fingerprint density at radius 3 is 2.83 bits per heavy atom. The molecule has 1 atom stereocenters. The van der Waals surface area contributed by atoms with Crippen LogP contribution < -0.4 is 5.32 Å². The number of carbonyl (C=O) groups is 1. The third-order valence-corrected chi connectivity index (χ3v) is 5.85. The summed E-state index contributed by atoms with van der Waals surface area (Å²) in [6.07, 6.45) is 1.65. The summed E-state index contributed by atoms with van der Waals surface area (Å²) in [5.41, 5.74) is 0.662. The molecule has 7 nitrogen and oxygen atoms in total. The maximum Gasteiger partial charge on any atom is 0.246 e. The Hall–Kier alpha value is -2.26. The summed E-state index contributed by atoms with van der Waals surface area (Å²) in [5, 5.41) is 6.70. The second kappa shape index (κ2) is 6.33. The molecule has 0 aliphatic carbocycles. The van der Waals surface area contributed by atoms with Crippen molar-refractivity contribution in [2.24, 2.45) is 0 Å². The molecular weight excluding hydrogens is 335 g/mol. The zero-order chi connectivity index (χ0) is 17.3. The lowest BCUT2D eigenvalue weighted by molar-refractivity contribution is -0.121.